The maximum atomic E-state index is 4.35. The van der Waals surface area contributed by atoms with Crippen molar-refractivity contribution in [3.8, 4) is 0 Å². The van der Waals surface area contributed by atoms with Gasteiger partial charge in [0.2, 0.25) is 0 Å². The van der Waals surface area contributed by atoms with E-state index in [0.717, 1.165) is 23.1 Å². The minimum absolute atomic E-state index is 0.442. The van der Waals surface area contributed by atoms with Gasteiger partial charge in [-0.3, -0.25) is 4.98 Å². The van der Waals surface area contributed by atoms with E-state index in [4.69, 9.17) is 0 Å². The van der Waals surface area contributed by atoms with Crippen LogP contribution in [0.5, 0.6) is 0 Å². The predicted molar refractivity (Wildman–Crippen MR) is 78.4 cm³/mol. The molecular formula is C15H17BrN2. The van der Waals surface area contributed by atoms with Gasteiger partial charge in [-0.25, -0.2) is 0 Å². The SMILES string of the molecule is CC(Cc1ccccc1)NCc1ccc(Br)cn1. The molecule has 1 N–H and O–H groups in total. The van der Waals surface area contributed by atoms with E-state index in [0.29, 0.717) is 6.04 Å². The zero-order valence-corrected chi connectivity index (χ0v) is 12.0. The molecule has 0 saturated carbocycles. The number of benzene rings is 1. The number of aromatic nitrogens is 1. The van der Waals surface area contributed by atoms with Crippen molar-refractivity contribution >= 4 is 15.9 Å². The summed E-state index contributed by atoms with van der Waals surface area (Å²) in [5.41, 5.74) is 2.43. The van der Waals surface area contributed by atoms with Crippen molar-refractivity contribution < 1.29 is 0 Å². The van der Waals surface area contributed by atoms with Crippen LogP contribution in [-0.4, -0.2) is 11.0 Å². The van der Waals surface area contributed by atoms with E-state index >= 15 is 0 Å². The second-order valence-electron chi connectivity index (χ2n) is 4.44. The summed E-state index contributed by atoms with van der Waals surface area (Å²) in [6, 6.07) is 15.0. The van der Waals surface area contributed by atoms with Crippen LogP contribution in [0.25, 0.3) is 0 Å². The number of halogens is 1. The molecule has 1 heterocycles. The van der Waals surface area contributed by atoms with Gasteiger partial charge in [0.15, 0.2) is 0 Å². The Hall–Kier alpha value is -1.19. The summed E-state index contributed by atoms with van der Waals surface area (Å²) in [6.07, 6.45) is 2.87. The normalized spacial score (nSPS) is 12.3. The van der Waals surface area contributed by atoms with E-state index in [1.807, 2.05) is 24.4 Å². The van der Waals surface area contributed by atoms with Crippen molar-refractivity contribution in [1.29, 1.82) is 0 Å². The Morgan fingerprint density at radius 3 is 2.61 bits per heavy atom. The van der Waals surface area contributed by atoms with Crippen LogP contribution in [0.4, 0.5) is 0 Å². The van der Waals surface area contributed by atoms with Crippen LogP contribution in [0.3, 0.4) is 0 Å². The quantitative estimate of drug-likeness (QED) is 0.913. The van der Waals surface area contributed by atoms with Crippen LogP contribution in [0.2, 0.25) is 0 Å². The van der Waals surface area contributed by atoms with Gasteiger partial charge in [-0.2, -0.15) is 0 Å². The van der Waals surface area contributed by atoms with Crippen LogP contribution >= 0.6 is 15.9 Å². The molecule has 94 valence electrons. The summed E-state index contributed by atoms with van der Waals surface area (Å²) in [4.78, 5) is 4.35. The minimum Gasteiger partial charge on any atom is -0.308 e. The van der Waals surface area contributed by atoms with Gasteiger partial charge in [-0.1, -0.05) is 30.3 Å². The summed E-state index contributed by atoms with van der Waals surface area (Å²) in [5.74, 6) is 0. The average molecular weight is 305 g/mol. The second-order valence-corrected chi connectivity index (χ2v) is 5.36. The first-order chi connectivity index (χ1) is 8.74. The highest BCUT2D eigenvalue weighted by molar-refractivity contribution is 9.10. The zero-order valence-electron chi connectivity index (χ0n) is 10.4. The molecule has 2 nitrogen and oxygen atoms in total. The van der Waals surface area contributed by atoms with Gasteiger partial charge >= 0.3 is 0 Å². The van der Waals surface area contributed by atoms with Gasteiger partial charge in [-0.15, -0.1) is 0 Å². The van der Waals surface area contributed by atoms with Crippen molar-refractivity contribution in [3.63, 3.8) is 0 Å². The fourth-order valence-electron chi connectivity index (χ4n) is 1.83. The van der Waals surface area contributed by atoms with Crippen LogP contribution < -0.4 is 5.32 Å². The molecule has 1 aromatic heterocycles. The van der Waals surface area contributed by atoms with Crippen LogP contribution in [0.1, 0.15) is 18.2 Å². The molecule has 0 aliphatic rings. The molecular weight excluding hydrogens is 288 g/mol. The molecule has 0 saturated heterocycles. The first-order valence-corrected chi connectivity index (χ1v) is 6.91. The van der Waals surface area contributed by atoms with Crippen molar-refractivity contribution in [3.05, 3.63) is 64.4 Å². The highest BCUT2D eigenvalue weighted by Gasteiger charge is 2.03. The maximum absolute atomic E-state index is 4.35. The second kappa shape index (κ2) is 6.66. The lowest BCUT2D eigenvalue weighted by Crippen LogP contribution is -2.27. The summed E-state index contributed by atoms with van der Waals surface area (Å²) >= 11 is 3.39. The van der Waals surface area contributed by atoms with Gasteiger partial charge in [0.1, 0.15) is 0 Å². The zero-order chi connectivity index (χ0) is 12.8. The van der Waals surface area contributed by atoms with Crippen molar-refractivity contribution in [2.45, 2.75) is 25.9 Å². The summed E-state index contributed by atoms with van der Waals surface area (Å²) in [5, 5.41) is 3.49. The Kier molecular flexibility index (Phi) is 4.90. The topological polar surface area (TPSA) is 24.9 Å². The van der Waals surface area contributed by atoms with Crippen LogP contribution in [0, 0.1) is 0 Å². The molecule has 18 heavy (non-hydrogen) atoms. The number of hydrogen-bond donors (Lipinski definition) is 1. The molecule has 3 heteroatoms. The average Bonchev–Trinajstić information content (AvgIpc) is 2.39. The molecule has 0 radical (unpaired) electrons. The summed E-state index contributed by atoms with van der Waals surface area (Å²) < 4.78 is 1.02. The predicted octanol–water partition coefficient (Wildman–Crippen LogP) is 3.56. The van der Waals surface area contributed by atoms with E-state index < -0.39 is 0 Å². The van der Waals surface area contributed by atoms with E-state index in [1.54, 1.807) is 0 Å². The van der Waals surface area contributed by atoms with Gasteiger partial charge in [0, 0.05) is 23.3 Å². The Morgan fingerprint density at radius 1 is 1.17 bits per heavy atom. The fourth-order valence-corrected chi connectivity index (χ4v) is 2.06. The van der Waals surface area contributed by atoms with E-state index in [1.165, 1.54) is 5.56 Å². The van der Waals surface area contributed by atoms with Crippen molar-refractivity contribution in [1.82, 2.24) is 10.3 Å². The largest absolute Gasteiger partial charge is 0.308 e. The lowest BCUT2D eigenvalue weighted by molar-refractivity contribution is 0.540. The molecule has 0 amide bonds. The molecule has 2 rings (SSSR count). The standard InChI is InChI=1S/C15H17BrN2/c1-12(9-13-5-3-2-4-6-13)17-11-15-8-7-14(16)10-18-15/h2-8,10,12,17H,9,11H2,1H3. The minimum atomic E-state index is 0.442. The smallest absolute Gasteiger partial charge is 0.0542 e. The third-order valence-electron chi connectivity index (χ3n) is 2.80. The molecule has 0 aliphatic heterocycles. The summed E-state index contributed by atoms with van der Waals surface area (Å²) in [6.45, 7) is 3.01. The lowest BCUT2D eigenvalue weighted by atomic mass is 10.1. The van der Waals surface area contributed by atoms with Crippen molar-refractivity contribution in [2.75, 3.05) is 0 Å². The first-order valence-electron chi connectivity index (χ1n) is 6.12. The number of rotatable bonds is 5. The fraction of sp³-hybridized carbons (Fsp3) is 0.267. The van der Waals surface area contributed by atoms with Gasteiger partial charge in [-0.05, 0) is 47.0 Å². The monoisotopic (exact) mass is 304 g/mol. The number of nitrogens with zero attached hydrogens (tertiary/aromatic N) is 1. The van der Waals surface area contributed by atoms with Crippen molar-refractivity contribution in [2.24, 2.45) is 0 Å². The molecule has 0 aliphatic carbocycles. The van der Waals surface area contributed by atoms with Gasteiger partial charge in [0.05, 0.1) is 5.69 Å². The first kappa shape index (κ1) is 13.2. The van der Waals surface area contributed by atoms with E-state index in [2.05, 4.69) is 57.4 Å². The Morgan fingerprint density at radius 2 is 1.94 bits per heavy atom. The molecule has 1 unspecified atom stereocenters. The third kappa shape index (κ3) is 4.24. The highest BCUT2D eigenvalue weighted by atomic mass is 79.9. The Bertz CT molecular complexity index is 468. The van der Waals surface area contributed by atoms with E-state index in [-0.39, 0.29) is 0 Å². The Balaban J connectivity index is 1.81. The number of pyridine rings is 1. The molecule has 1 atom stereocenters. The number of hydrogen-bond acceptors (Lipinski definition) is 2. The third-order valence-corrected chi connectivity index (χ3v) is 3.27. The van der Waals surface area contributed by atoms with Crippen LogP contribution in [-0.2, 0) is 13.0 Å². The highest BCUT2D eigenvalue weighted by Crippen LogP contribution is 2.08. The van der Waals surface area contributed by atoms with E-state index in [9.17, 15) is 0 Å². The Labute approximate surface area is 117 Å². The molecule has 0 bridgehead atoms. The molecule has 0 fully saturated rings. The summed E-state index contributed by atoms with van der Waals surface area (Å²) in [7, 11) is 0. The molecule has 2 aromatic rings. The van der Waals surface area contributed by atoms with Gasteiger partial charge < -0.3 is 5.32 Å². The lowest BCUT2D eigenvalue weighted by Gasteiger charge is -2.13. The van der Waals surface area contributed by atoms with Crippen LogP contribution in [0.15, 0.2) is 53.1 Å². The maximum Gasteiger partial charge on any atom is 0.0542 e. The van der Waals surface area contributed by atoms with Gasteiger partial charge in [0.25, 0.3) is 0 Å². The molecule has 1 aromatic carbocycles. The molecule has 0 spiro atoms. The number of nitrogens with one attached hydrogen (secondary N) is 1.